The van der Waals surface area contributed by atoms with Crippen molar-refractivity contribution in [2.75, 3.05) is 13.2 Å². The first-order valence-electron chi connectivity index (χ1n) is 13.5. The smallest absolute Gasteiger partial charge is 0.226 e. The maximum atomic E-state index is 13.4. The van der Waals surface area contributed by atoms with Crippen molar-refractivity contribution in [1.29, 1.82) is 0 Å². The van der Waals surface area contributed by atoms with Gasteiger partial charge in [-0.2, -0.15) is 0 Å². The minimum Gasteiger partial charge on any atom is -0.494 e. The second-order valence-corrected chi connectivity index (χ2v) is 11.4. The fourth-order valence-corrected chi connectivity index (χ4v) is 7.48. The average Bonchev–Trinajstić information content (AvgIpc) is 3.19. The topological polar surface area (TPSA) is 56.1 Å². The summed E-state index contributed by atoms with van der Waals surface area (Å²) < 4.78 is 8.26. The van der Waals surface area contributed by atoms with E-state index in [1.165, 1.54) is 24.8 Å². The molecule has 35 heavy (non-hydrogen) atoms. The van der Waals surface area contributed by atoms with Crippen LogP contribution in [0.25, 0.3) is 11.0 Å². The summed E-state index contributed by atoms with van der Waals surface area (Å²) in [6.07, 6.45) is 9.10. The van der Waals surface area contributed by atoms with E-state index in [4.69, 9.17) is 9.72 Å². The predicted molar refractivity (Wildman–Crippen MR) is 138 cm³/mol. The molecule has 4 bridgehead atoms. The average molecular weight is 472 g/mol. The quantitative estimate of drug-likeness (QED) is 0.408. The minimum absolute atomic E-state index is 0.0811. The van der Waals surface area contributed by atoms with Crippen LogP contribution in [0, 0.1) is 30.1 Å². The summed E-state index contributed by atoms with van der Waals surface area (Å²) in [7, 11) is 0. The van der Waals surface area contributed by atoms with E-state index in [1.807, 2.05) is 18.2 Å². The number of aryl methyl sites for hydroxylation is 2. The van der Waals surface area contributed by atoms with Gasteiger partial charge in [-0.1, -0.05) is 29.8 Å². The molecule has 0 radical (unpaired) electrons. The number of nitrogens with zero attached hydrogens (tertiary/aromatic N) is 2. The van der Waals surface area contributed by atoms with E-state index in [0.717, 1.165) is 79.0 Å². The van der Waals surface area contributed by atoms with Crippen molar-refractivity contribution in [1.82, 2.24) is 14.9 Å². The molecule has 0 aliphatic heterocycles. The molecule has 2 aromatic carbocycles. The van der Waals surface area contributed by atoms with Crippen molar-refractivity contribution in [3.63, 3.8) is 0 Å². The Morgan fingerprint density at radius 3 is 2.43 bits per heavy atom. The van der Waals surface area contributed by atoms with Gasteiger partial charge in [0.1, 0.15) is 11.6 Å². The minimum atomic E-state index is -0.0811. The van der Waals surface area contributed by atoms with Gasteiger partial charge in [-0.15, -0.1) is 0 Å². The number of aromatic nitrogens is 2. The number of nitrogens with one attached hydrogen (secondary N) is 1. The number of hydrogen-bond donors (Lipinski definition) is 1. The summed E-state index contributed by atoms with van der Waals surface area (Å²) in [6, 6.07) is 16.5. The molecule has 1 heterocycles. The lowest BCUT2D eigenvalue weighted by Crippen LogP contribution is -2.53. The highest BCUT2D eigenvalue weighted by atomic mass is 16.5. The molecule has 0 spiro atoms. The van der Waals surface area contributed by atoms with Crippen LogP contribution in [0.5, 0.6) is 5.75 Å². The van der Waals surface area contributed by atoms with Gasteiger partial charge >= 0.3 is 0 Å². The monoisotopic (exact) mass is 471 g/mol. The molecule has 0 saturated heterocycles. The van der Waals surface area contributed by atoms with Crippen LogP contribution in [0.15, 0.2) is 48.5 Å². The number of fused-ring (bicyclic) bond motifs is 1. The maximum Gasteiger partial charge on any atom is 0.226 e. The van der Waals surface area contributed by atoms with Gasteiger partial charge in [0.05, 0.1) is 17.6 Å². The third-order valence-electron chi connectivity index (χ3n) is 8.70. The Balaban J connectivity index is 1.08. The number of ether oxygens (including phenoxy) is 1. The molecule has 1 aromatic heterocycles. The molecule has 4 aliphatic carbocycles. The molecule has 0 atom stereocenters. The van der Waals surface area contributed by atoms with Crippen LogP contribution in [0.4, 0.5) is 0 Å². The van der Waals surface area contributed by atoms with Crippen LogP contribution < -0.4 is 10.1 Å². The van der Waals surface area contributed by atoms with Crippen LogP contribution in [0.2, 0.25) is 0 Å². The van der Waals surface area contributed by atoms with E-state index >= 15 is 0 Å². The molecule has 3 aromatic rings. The standard InChI is InChI=1S/C30H37N3O2/c1-21-7-9-25(10-8-21)35-14-4-13-33-27-6-3-2-5-26(27)32-28(33)11-12-31-29(34)30-18-22-15-23(19-30)17-24(16-22)20-30/h2-3,5-10,22-24H,4,11-20H2,1H3,(H,31,34). The number of carbonyl (C=O) groups excluding carboxylic acids is 1. The summed E-state index contributed by atoms with van der Waals surface area (Å²) in [6.45, 7) is 4.26. The summed E-state index contributed by atoms with van der Waals surface area (Å²) >= 11 is 0. The highest BCUT2D eigenvalue weighted by Gasteiger charge is 2.54. The predicted octanol–water partition coefficient (Wildman–Crippen LogP) is 5.69. The van der Waals surface area contributed by atoms with E-state index in [-0.39, 0.29) is 5.41 Å². The number of benzene rings is 2. The SMILES string of the molecule is Cc1ccc(OCCCn2c(CCNC(=O)C34CC5CC(CC(C5)C3)C4)nc3ccccc32)cc1. The van der Waals surface area contributed by atoms with E-state index in [9.17, 15) is 4.79 Å². The lowest BCUT2D eigenvalue weighted by atomic mass is 9.49. The largest absolute Gasteiger partial charge is 0.494 e. The van der Waals surface area contributed by atoms with Gasteiger partial charge in [0, 0.05) is 24.9 Å². The normalized spacial score (nSPS) is 26.8. The second kappa shape index (κ2) is 9.33. The van der Waals surface area contributed by atoms with Gasteiger partial charge in [-0.25, -0.2) is 4.98 Å². The number of rotatable bonds is 9. The zero-order valence-electron chi connectivity index (χ0n) is 20.8. The second-order valence-electron chi connectivity index (χ2n) is 11.4. The number of para-hydroxylation sites is 2. The molecule has 5 heteroatoms. The Kier molecular flexibility index (Phi) is 6.03. The third kappa shape index (κ3) is 4.57. The fourth-order valence-electron chi connectivity index (χ4n) is 7.48. The molecule has 184 valence electrons. The first kappa shape index (κ1) is 22.6. The molecule has 1 amide bonds. The van der Waals surface area contributed by atoms with Crippen LogP contribution >= 0.6 is 0 Å². The van der Waals surface area contributed by atoms with Gasteiger partial charge < -0.3 is 14.6 Å². The first-order chi connectivity index (χ1) is 17.1. The van der Waals surface area contributed by atoms with Crippen molar-refractivity contribution in [2.24, 2.45) is 23.2 Å². The van der Waals surface area contributed by atoms with Crippen molar-refractivity contribution in [3.05, 3.63) is 59.9 Å². The Hall–Kier alpha value is -2.82. The fraction of sp³-hybridized carbons (Fsp3) is 0.533. The first-order valence-corrected chi connectivity index (χ1v) is 13.5. The van der Waals surface area contributed by atoms with Crippen LogP contribution in [0.1, 0.15) is 56.3 Å². The van der Waals surface area contributed by atoms with Crippen LogP contribution in [-0.2, 0) is 17.8 Å². The molecule has 4 saturated carbocycles. The summed E-state index contributed by atoms with van der Waals surface area (Å²) in [5.74, 6) is 4.65. The number of imidazole rings is 1. The third-order valence-corrected chi connectivity index (χ3v) is 8.70. The van der Waals surface area contributed by atoms with Crippen molar-refractivity contribution in [3.8, 4) is 5.75 Å². The molecular weight excluding hydrogens is 434 g/mol. The van der Waals surface area contributed by atoms with Gasteiger partial charge in [-0.3, -0.25) is 4.79 Å². The van der Waals surface area contributed by atoms with Gasteiger partial charge in [0.25, 0.3) is 0 Å². The lowest BCUT2D eigenvalue weighted by molar-refractivity contribution is -0.146. The van der Waals surface area contributed by atoms with Gasteiger partial charge in [-0.05, 0) is 93.9 Å². The molecule has 1 N–H and O–H groups in total. The molecule has 0 unspecified atom stereocenters. The zero-order valence-corrected chi connectivity index (χ0v) is 20.8. The molecule has 5 nitrogen and oxygen atoms in total. The lowest BCUT2D eigenvalue weighted by Gasteiger charge is -2.55. The van der Waals surface area contributed by atoms with Crippen molar-refractivity contribution in [2.45, 2.75) is 64.8 Å². The van der Waals surface area contributed by atoms with Crippen molar-refractivity contribution < 1.29 is 9.53 Å². The molecule has 4 aliphatic rings. The Labute approximate surface area is 208 Å². The van der Waals surface area contributed by atoms with E-state index in [2.05, 4.69) is 47.1 Å². The summed E-state index contributed by atoms with van der Waals surface area (Å²) in [5, 5.41) is 3.34. The number of hydrogen-bond acceptors (Lipinski definition) is 3. The number of amides is 1. The highest BCUT2D eigenvalue weighted by Crippen LogP contribution is 2.60. The van der Waals surface area contributed by atoms with E-state index in [1.54, 1.807) is 0 Å². The number of carbonyl (C=O) groups is 1. The zero-order chi connectivity index (χ0) is 23.8. The van der Waals surface area contributed by atoms with Gasteiger partial charge in [0.2, 0.25) is 5.91 Å². The maximum absolute atomic E-state index is 13.4. The Bertz CT molecular complexity index is 1160. The molecule has 7 rings (SSSR count). The highest BCUT2D eigenvalue weighted by molar-refractivity contribution is 5.83. The van der Waals surface area contributed by atoms with Crippen LogP contribution in [0.3, 0.4) is 0 Å². The van der Waals surface area contributed by atoms with E-state index in [0.29, 0.717) is 19.1 Å². The summed E-state index contributed by atoms with van der Waals surface area (Å²) in [5.41, 5.74) is 3.34. The summed E-state index contributed by atoms with van der Waals surface area (Å²) in [4.78, 5) is 18.3. The molecule has 4 fully saturated rings. The van der Waals surface area contributed by atoms with Crippen molar-refractivity contribution >= 4 is 16.9 Å². The van der Waals surface area contributed by atoms with E-state index < -0.39 is 0 Å². The Morgan fingerprint density at radius 1 is 1.03 bits per heavy atom. The molecular formula is C30H37N3O2. The van der Waals surface area contributed by atoms with Crippen LogP contribution in [-0.4, -0.2) is 28.6 Å². The van der Waals surface area contributed by atoms with Gasteiger partial charge in [0.15, 0.2) is 0 Å². The Morgan fingerprint density at radius 2 is 1.71 bits per heavy atom.